The molecule has 0 bridgehead atoms. The summed E-state index contributed by atoms with van der Waals surface area (Å²) in [6, 6.07) is 0.357. The van der Waals surface area contributed by atoms with E-state index in [9.17, 15) is 13.2 Å². The van der Waals surface area contributed by atoms with Crippen LogP contribution in [0.15, 0.2) is 10.4 Å². The van der Waals surface area contributed by atoms with Crippen molar-refractivity contribution in [1.82, 2.24) is 15.6 Å². The fourth-order valence-electron chi connectivity index (χ4n) is 1.75. The zero-order valence-corrected chi connectivity index (χ0v) is 12.3. The van der Waals surface area contributed by atoms with E-state index in [2.05, 4.69) is 34.5 Å². The van der Waals surface area contributed by atoms with Crippen LogP contribution < -0.4 is 10.6 Å². The maximum absolute atomic E-state index is 12.4. The number of nitrogens with one attached hydrogen (secondary N) is 2. The largest absolute Gasteiger partial charge is 0.434 e. The molecule has 1 aromatic heterocycles. The second-order valence-corrected chi connectivity index (χ2v) is 6.38. The molecule has 112 valence electrons. The van der Waals surface area contributed by atoms with Crippen LogP contribution >= 0.6 is 11.3 Å². The Morgan fingerprint density at radius 3 is 2.65 bits per heavy atom. The maximum Gasteiger partial charge on any atom is 0.434 e. The van der Waals surface area contributed by atoms with Gasteiger partial charge in [0, 0.05) is 18.5 Å². The summed E-state index contributed by atoms with van der Waals surface area (Å²) in [7, 11) is 1.63. The van der Waals surface area contributed by atoms with Crippen LogP contribution in [0, 0.1) is 5.41 Å². The van der Waals surface area contributed by atoms with Gasteiger partial charge in [-0.2, -0.15) is 13.2 Å². The molecule has 1 heterocycles. The molecule has 0 spiro atoms. The zero-order valence-electron chi connectivity index (χ0n) is 11.5. The molecule has 1 atom stereocenters. The van der Waals surface area contributed by atoms with Crippen molar-refractivity contribution in [3.05, 3.63) is 16.1 Å². The molecular weight excluding hydrogens is 289 g/mol. The summed E-state index contributed by atoms with van der Waals surface area (Å²) < 4.78 is 37.3. The number of alkyl halides is 3. The molecule has 8 heteroatoms. The van der Waals surface area contributed by atoms with Crippen LogP contribution in [0.4, 0.5) is 13.2 Å². The number of hydrogen-bond donors (Lipinski definition) is 2. The van der Waals surface area contributed by atoms with Gasteiger partial charge in [-0.15, -0.1) is 11.3 Å². The fraction of sp³-hybridized carbons (Fsp3) is 0.667. The van der Waals surface area contributed by atoms with Gasteiger partial charge in [-0.3, -0.25) is 4.99 Å². The number of aromatic nitrogens is 1. The first kappa shape index (κ1) is 15.1. The highest BCUT2D eigenvalue weighted by molar-refractivity contribution is 7.09. The molecule has 0 aromatic carbocycles. The van der Waals surface area contributed by atoms with Crippen LogP contribution in [0.2, 0.25) is 0 Å². The number of nitrogens with zero attached hydrogens (tertiary/aromatic N) is 2. The maximum atomic E-state index is 12.4. The highest BCUT2D eigenvalue weighted by Crippen LogP contribution is 2.44. The molecule has 2 N–H and O–H groups in total. The first-order chi connectivity index (χ1) is 9.22. The molecule has 2 rings (SSSR count). The normalized spacial score (nSPS) is 21.7. The van der Waals surface area contributed by atoms with Gasteiger partial charge in [0.1, 0.15) is 5.01 Å². The molecule has 0 saturated heterocycles. The number of rotatable bonds is 3. The number of thiazole rings is 1. The first-order valence-electron chi connectivity index (χ1n) is 6.21. The second-order valence-electron chi connectivity index (χ2n) is 5.44. The van der Waals surface area contributed by atoms with E-state index in [0.29, 0.717) is 17.0 Å². The van der Waals surface area contributed by atoms with Gasteiger partial charge in [0.25, 0.3) is 0 Å². The molecule has 4 nitrogen and oxygen atoms in total. The van der Waals surface area contributed by atoms with Crippen molar-refractivity contribution < 1.29 is 13.2 Å². The molecule has 1 aliphatic rings. The van der Waals surface area contributed by atoms with Gasteiger partial charge in [0.2, 0.25) is 0 Å². The van der Waals surface area contributed by atoms with Crippen LogP contribution in [0.25, 0.3) is 0 Å². The molecular formula is C12H17F3N4S. The molecule has 0 radical (unpaired) electrons. The molecule has 1 unspecified atom stereocenters. The molecule has 0 aliphatic heterocycles. The predicted molar refractivity (Wildman–Crippen MR) is 72.6 cm³/mol. The number of hydrogen-bond acceptors (Lipinski definition) is 3. The van der Waals surface area contributed by atoms with E-state index in [1.165, 1.54) is 0 Å². The van der Waals surface area contributed by atoms with Crippen LogP contribution in [0.3, 0.4) is 0 Å². The van der Waals surface area contributed by atoms with Crippen molar-refractivity contribution >= 4 is 17.3 Å². The quantitative estimate of drug-likeness (QED) is 0.667. The third-order valence-corrected chi connectivity index (χ3v) is 4.15. The molecule has 1 fully saturated rings. The Morgan fingerprint density at radius 1 is 1.55 bits per heavy atom. The Bertz CT molecular complexity index is 507. The lowest BCUT2D eigenvalue weighted by atomic mass is 10.2. The van der Waals surface area contributed by atoms with Gasteiger partial charge in [0.05, 0.1) is 6.54 Å². The van der Waals surface area contributed by atoms with Crippen molar-refractivity contribution in [1.29, 1.82) is 0 Å². The van der Waals surface area contributed by atoms with Gasteiger partial charge in [-0.25, -0.2) is 4.98 Å². The van der Waals surface area contributed by atoms with E-state index in [1.807, 2.05) is 0 Å². The summed E-state index contributed by atoms with van der Waals surface area (Å²) in [4.78, 5) is 7.61. The van der Waals surface area contributed by atoms with Crippen molar-refractivity contribution in [2.45, 2.75) is 39.0 Å². The molecule has 20 heavy (non-hydrogen) atoms. The molecule has 0 amide bonds. The fourth-order valence-corrected chi connectivity index (χ4v) is 2.50. The van der Waals surface area contributed by atoms with Crippen LogP contribution in [0.1, 0.15) is 31.0 Å². The van der Waals surface area contributed by atoms with E-state index >= 15 is 0 Å². The summed E-state index contributed by atoms with van der Waals surface area (Å²) in [5, 5.41) is 7.62. The lowest BCUT2D eigenvalue weighted by Gasteiger charge is -2.12. The third kappa shape index (κ3) is 3.62. The van der Waals surface area contributed by atoms with Crippen molar-refractivity contribution in [2.24, 2.45) is 10.4 Å². The first-order valence-corrected chi connectivity index (χ1v) is 7.09. The summed E-state index contributed by atoms with van der Waals surface area (Å²) >= 11 is 0.987. The SMILES string of the molecule is CN=C(NCc1nc(C(F)(F)F)cs1)NC1CC1(C)C. The molecule has 1 aliphatic carbocycles. The monoisotopic (exact) mass is 306 g/mol. The molecule has 1 saturated carbocycles. The highest BCUT2D eigenvalue weighted by Gasteiger charge is 2.46. The Balaban J connectivity index is 1.86. The standard InChI is InChI=1S/C12H17F3N4S/c1-11(2)4-7(11)19-10(16-3)17-5-9-18-8(6-20-9)12(13,14)15/h6-7H,4-5H2,1-3H3,(H2,16,17,19). The Labute approximate surface area is 119 Å². The second kappa shape index (κ2) is 5.23. The highest BCUT2D eigenvalue weighted by atomic mass is 32.1. The number of guanidine groups is 1. The van der Waals surface area contributed by atoms with Gasteiger partial charge in [-0.1, -0.05) is 13.8 Å². The Hall–Kier alpha value is -1.31. The lowest BCUT2D eigenvalue weighted by molar-refractivity contribution is -0.140. The van der Waals surface area contributed by atoms with Crippen molar-refractivity contribution in [3.63, 3.8) is 0 Å². The number of aliphatic imine (C=N–C) groups is 1. The van der Waals surface area contributed by atoms with E-state index in [-0.39, 0.29) is 12.0 Å². The predicted octanol–water partition coefficient (Wildman–Crippen LogP) is 2.63. The smallest absolute Gasteiger partial charge is 0.353 e. The van der Waals surface area contributed by atoms with Gasteiger partial charge in [0.15, 0.2) is 11.7 Å². The minimum absolute atomic E-state index is 0.230. The van der Waals surface area contributed by atoms with Gasteiger partial charge >= 0.3 is 6.18 Å². The van der Waals surface area contributed by atoms with Gasteiger partial charge < -0.3 is 10.6 Å². The van der Waals surface area contributed by atoms with Crippen molar-refractivity contribution in [2.75, 3.05) is 7.05 Å². The third-order valence-electron chi connectivity index (χ3n) is 3.30. The summed E-state index contributed by atoms with van der Waals surface area (Å²) in [6.07, 6.45) is -3.32. The minimum atomic E-state index is -4.38. The zero-order chi connectivity index (χ0) is 15.0. The van der Waals surface area contributed by atoms with Crippen LogP contribution in [0.5, 0.6) is 0 Å². The molecule has 1 aromatic rings. The summed E-state index contributed by atoms with van der Waals surface area (Å²) in [6.45, 7) is 4.52. The number of halogens is 3. The van der Waals surface area contributed by atoms with E-state index in [4.69, 9.17) is 0 Å². The van der Waals surface area contributed by atoms with E-state index < -0.39 is 11.9 Å². The van der Waals surface area contributed by atoms with E-state index in [1.54, 1.807) is 7.05 Å². The average Bonchev–Trinajstić information content (AvgIpc) is 2.79. The summed E-state index contributed by atoms with van der Waals surface area (Å²) in [5.41, 5.74) is -0.590. The average molecular weight is 306 g/mol. The lowest BCUT2D eigenvalue weighted by Crippen LogP contribution is -2.39. The minimum Gasteiger partial charge on any atom is -0.353 e. The van der Waals surface area contributed by atoms with Crippen LogP contribution in [-0.2, 0) is 12.7 Å². The Morgan fingerprint density at radius 2 is 2.20 bits per heavy atom. The van der Waals surface area contributed by atoms with Crippen LogP contribution in [-0.4, -0.2) is 24.0 Å². The van der Waals surface area contributed by atoms with E-state index in [0.717, 1.165) is 23.1 Å². The van der Waals surface area contributed by atoms with Gasteiger partial charge in [-0.05, 0) is 11.8 Å². The Kier molecular flexibility index (Phi) is 3.95. The summed E-state index contributed by atoms with van der Waals surface area (Å²) in [5.74, 6) is 0.587. The topological polar surface area (TPSA) is 49.3 Å². The van der Waals surface area contributed by atoms with Crippen molar-refractivity contribution in [3.8, 4) is 0 Å².